The fourth-order valence-electron chi connectivity index (χ4n) is 0.463. The molecule has 1 aromatic rings. The van der Waals surface area contributed by atoms with Crippen molar-refractivity contribution in [1.29, 1.82) is 0 Å². The van der Waals surface area contributed by atoms with Crippen LogP contribution in [0.4, 0.5) is 0 Å². The van der Waals surface area contributed by atoms with Crippen LogP contribution in [-0.4, -0.2) is 0 Å². The minimum atomic E-state index is 1.15. The lowest BCUT2D eigenvalue weighted by Crippen LogP contribution is -2.43. The zero-order valence-corrected chi connectivity index (χ0v) is 6.37. The van der Waals surface area contributed by atoms with Gasteiger partial charge in [-0.15, -0.1) is 0 Å². The van der Waals surface area contributed by atoms with E-state index in [4.69, 9.17) is 5.84 Å². The molecule has 0 saturated heterocycles. The first kappa shape index (κ1) is 5.81. The monoisotopic (exact) mass is 221 g/mol. The van der Waals surface area contributed by atoms with E-state index in [1.807, 2.05) is 18.3 Å². The van der Waals surface area contributed by atoms with Crippen molar-refractivity contribution in [3.63, 3.8) is 0 Å². The Labute approximate surface area is 61.4 Å². The molecule has 1 heterocycles. The second kappa shape index (κ2) is 2.30. The van der Waals surface area contributed by atoms with E-state index in [9.17, 15) is 0 Å². The maximum Gasteiger partial charge on any atom is 0.212 e. The average Bonchev–Trinajstić information content (AvgIpc) is 1.64. The maximum absolute atomic E-state index is 5.37. The fraction of sp³-hybridized carbons (Fsp3) is 0. The van der Waals surface area contributed by atoms with E-state index in [0.29, 0.717) is 0 Å². The largest absolute Gasteiger partial charge is 0.212 e. The Morgan fingerprint density at radius 3 is 2.75 bits per heavy atom. The highest BCUT2D eigenvalue weighted by Crippen LogP contribution is 1.95. The summed E-state index contributed by atoms with van der Waals surface area (Å²) in [5, 5.41) is 0. The van der Waals surface area contributed by atoms with Gasteiger partial charge in [-0.2, -0.15) is 0 Å². The summed E-state index contributed by atoms with van der Waals surface area (Å²) in [6.07, 6.45) is 3.64. The van der Waals surface area contributed by atoms with Gasteiger partial charge in [0.25, 0.3) is 0 Å². The molecule has 0 aliphatic heterocycles. The highest BCUT2D eigenvalue weighted by atomic mass is 127. The Morgan fingerprint density at radius 2 is 2.38 bits per heavy atom. The van der Waals surface area contributed by atoms with Crippen LogP contribution in [0, 0.1) is 3.57 Å². The third-order valence-corrected chi connectivity index (χ3v) is 1.42. The molecular formula is C5H6IN2+. The van der Waals surface area contributed by atoms with Crippen molar-refractivity contribution in [3.8, 4) is 0 Å². The molecule has 0 spiro atoms. The standard InChI is InChI=1S/C5H6IN2/c6-5-2-1-3-8(7)4-5/h1-4H,7H2/q+1. The Bertz CT molecular complexity index is 170. The van der Waals surface area contributed by atoms with Crippen LogP contribution in [0.2, 0.25) is 0 Å². The molecule has 0 aromatic carbocycles. The maximum atomic E-state index is 5.37. The smallest absolute Gasteiger partial charge is 0.205 e. The zero-order valence-electron chi connectivity index (χ0n) is 4.21. The first-order valence-corrected chi connectivity index (χ1v) is 3.29. The SMILES string of the molecule is N[n+]1cccc(I)c1. The van der Waals surface area contributed by atoms with E-state index < -0.39 is 0 Å². The topological polar surface area (TPSA) is 29.9 Å². The molecule has 1 rings (SSSR count). The Balaban J connectivity index is 3.08. The highest BCUT2D eigenvalue weighted by molar-refractivity contribution is 14.1. The minimum absolute atomic E-state index is 1.15. The summed E-state index contributed by atoms with van der Waals surface area (Å²) < 4.78 is 2.68. The molecule has 0 bridgehead atoms. The first-order chi connectivity index (χ1) is 3.79. The predicted octanol–water partition coefficient (Wildman–Crippen LogP) is 0.292. The molecule has 2 N–H and O–H groups in total. The van der Waals surface area contributed by atoms with Crippen LogP contribution in [0.1, 0.15) is 0 Å². The minimum Gasteiger partial charge on any atom is -0.205 e. The van der Waals surface area contributed by atoms with Gasteiger partial charge in [0.2, 0.25) is 6.20 Å². The van der Waals surface area contributed by atoms with Gasteiger partial charge in [-0.05, 0) is 28.7 Å². The number of nitrogens with zero attached hydrogens (tertiary/aromatic N) is 1. The van der Waals surface area contributed by atoms with Crippen molar-refractivity contribution in [3.05, 3.63) is 28.1 Å². The zero-order chi connectivity index (χ0) is 5.98. The van der Waals surface area contributed by atoms with Crippen molar-refractivity contribution in [2.24, 2.45) is 0 Å². The van der Waals surface area contributed by atoms with E-state index in [-0.39, 0.29) is 0 Å². The molecular weight excluding hydrogens is 215 g/mol. The lowest BCUT2D eigenvalue weighted by molar-refractivity contribution is -0.639. The van der Waals surface area contributed by atoms with E-state index in [1.165, 1.54) is 4.68 Å². The van der Waals surface area contributed by atoms with Crippen molar-refractivity contribution in [2.45, 2.75) is 0 Å². The van der Waals surface area contributed by atoms with Crippen molar-refractivity contribution >= 4 is 22.6 Å². The van der Waals surface area contributed by atoms with Gasteiger partial charge in [0.1, 0.15) is 0 Å². The third kappa shape index (κ3) is 1.33. The van der Waals surface area contributed by atoms with E-state index in [1.54, 1.807) is 6.20 Å². The van der Waals surface area contributed by atoms with Gasteiger partial charge in [0.15, 0.2) is 6.20 Å². The third-order valence-electron chi connectivity index (χ3n) is 0.786. The van der Waals surface area contributed by atoms with E-state index >= 15 is 0 Å². The number of nitrogens with two attached hydrogens (primary N) is 1. The molecule has 0 radical (unpaired) electrons. The van der Waals surface area contributed by atoms with Gasteiger partial charge < -0.3 is 0 Å². The van der Waals surface area contributed by atoms with E-state index in [2.05, 4.69) is 22.6 Å². The fourth-order valence-corrected chi connectivity index (χ4v) is 0.992. The highest BCUT2D eigenvalue weighted by Gasteiger charge is 1.90. The Morgan fingerprint density at radius 1 is 1.62 bits per heavy atom. The summed E-state index contributed by atoms with van der Waals surface area (Å²) in [5.41, 5.74) is 0. The van der Waals surface area contributed by atoms with Gasteiger partial charge in [0.05, 0.1) is 3.57 Å². The summed E-state index contributed by atoms with van der Waals surface area (Å²) in [6.45, 7) is 0. The average molecular weight is 221 g/mol. The molecule has 3 heteroatoms. The van der Waals surface area contributed by atoms with Crippen LogP contribution >= 0.6 is 22.6 Å². The van der Waals surface area contributed by atoms with Crippen molar-refractivity contribution in [1.82, 2.24) is 0 Å². The summed E-state index contributed by atoms with van der Waals surface area (Å²) >= 11 is 2.20. The second-order valence-electron chi connectivity index (χ2n) is 1.47. The second-order valence-corrected chi connectivity index (χ2v) is 2.72. The van der Waals surface area contributed by atoms with Gasteiger partial charge in [-0.3, -0.25) is 0 Å². The summed E-state index contributed by atoms with van der Waals surface area (Å²) in [5.74, 6) is 5.37. The number of pyridine rings is 1. The Hall–Kier alpha value is -0.320. The summed E-state index contributed by atoms with van der Waals surface area (Å²) in [4.78, 5) is 0. The molecule has 0 fully saturated rings. The quantitative estimate of drug-likeness (QED) is 0.381. The molecule has 2 nitrogen and oxygen atoms in total. The van der Waals surface area contributed by atoms with Crippen molar-refractivity contribution < 1.29 is 4.68 Å². The van der Waals surface area contributed by atoms with Gasteiger partial charge in [-0.1, -0.05) is 4.68 Å². The molecule has 0 saturated carbocycles. The number of rotatable bonds is 0. The van der Waals surface area contributed by atoms with Gasteiger partial charge in [-0.25, -0.2) is 5.84 Å². The molecule has 1 aromatic heterocycles. The Kier molecular flexibility index (Phi) is 1.67. The van der Waals surface area contributed by atoms with Crippen LogP contribution in [-0.2, 0) is 0 Å². The van der Waals surface area contributed by atoms with Gasteiger partial charge in [0, 0.05) is 6.07 Å². The van der Waals surface area contributed by atoms with E-state index in [0.717, 1.165) is 3.57 Å². The van der Waals surface area contributed by atoms with Crippen LogP contribution in [0.25, 0.3) is 0 Å². The number of aromatic nitrogens is 1. The van der Waals surface area contributed by atoms with Crippen LogP contribution in [0.15, 0.2) is 24.5 Å². The van der Waals surface area contributed by atoms with Gasteiger partial charge >= 0.3 is 0 Å². The lowest BCUT2D eigenvalue weighted by atomic mass is 10.5. The number of nitrogen functional groups attached to an aromatic ring is 1. The predicted molar refractivity (Wildman–Crippen MR) is 39.5 cm³/mol. The molecule has 8 heavy (non-hydrogen) atoms. The van der Waals surface area contributed by atoms with Crippen LogP contribution in [0.5, 0.6) is 0 Å². The van der Waals surface area contributed by atoms with Crippen molar-refractivity contribution in [2.75, 3.05) is 5.84 Å². The number of hydrogen-bond acceptors (Lipinski definition) is 1. The lowest BCUT2D eigenvalue weighted by Gasteiger charge is -1.82. The molecule has 42 valence electrons. The van der Waals surface area contributed by atoms with Crippen LogP contribution in [0.3, 0.4) is 0 Å². The number of halogens is 1. The molecule has 0 aliphatic carbocycles. The summed E-state index contributed by atoms with van der Waals surface area (Å²) in [6, 6.07) is 3.89. The first-order valence-electron chi connectivity index (χ1n) is 2.21. The summed E-state index contributed by atoms with van der Waals surface area (Å²) in [7, 11) is 0. The van der Waals surface area contributed by atoms with Crippen LogP contribution < -0.4 is 10.5 Å². The molecule has 0 atom stereocenters. The molecule has 0 amide bonds. The molecule has 0 unspecified atom stereocenters. The molecule has 0 aliphatic rings. The normalized spacial score (nSPS) is 9.12. The number of hydrogen-bond donors (Lipinski definition) is 1.